The number of H-pyrrole nitrogens is 1. The summed E-state index contributed by atoms with van der Waals surface area (Å²) in [6.07, 6.45) is 2.92. The van der Waals surface area contributed by atoms with E-state index < -0.39 is 0 Å². The molecule has 0 aliphatic carbocycles. The van der Waals surface area contributed by atoms with Crippen molar-refractivity contribution in [3.63, 3.8) is 0 Å². The second kappa shape index (κ2) is 5.03. The lowest BCUT2D eigenvalue weighted by Crippen LogP contribution is -2.28. The molecule has 0 spiro atoms. The Kier molecular flexibility index (Phi) is 3.46. The topological polar surface area (TPSA) is 62.4 Å². The van der Waals surface area contributed by atoms with Crippen LogP contribution in [-0.2, 0) is 20.7 Å². The molecule has 5 nitrogen and oxygen atoms in total. The minimum Gasteiger partial charge on any atom is -0.469 e. The highest BCUT2D eigenvalue weighted by atomic mass is 16.5. The highest BCUT2D eigenvalue weighted by molar-refractivity contribution is 5.86. The molecule has 1 aliphatic rings. The smallest absolute Gasteiger partial charge is 0.310 e. The number of hydrogen-bond acceptors (Lipinski definition) is 3. The highest BCUT2D eigenvalue weighted by Gasteiger charge is 2.34. The molecule has 5 heteroatoms. The number of nitrogens with one attached hydrogen (secondary N) is 1. The summed E-state index contributed by atoms with van der Waals surface area (Å²) >= 11 is 0. The summed E-state index contributed by atoms with van der Waals surface area (Å²) in [4.78, 5) is 27.8. The van der Waals surface area contributed by atoms with Crippen LogP contribution in [-0.4, -0.2) is 42.0 Å². The number of rotatable bonds is 4. The molecule has 0 radical (unpaired) electrons. The lowest BCUT2D eigenvalue weighted by molar-refractivity contribution is -0.145. The molecule has 1 amide bonds. The molecule has 1 aromatic rings. The van der Waals surface area contributed by atoms with Crippen LogP contribution in [0.1, 0.15) is 12.1 Å². The van der Waals surface area contributed by atoms with Gasteiger partial charge in [0.15, 0.2) is 0 Å². The first-order valence-corrected chi connectivity index (χ1v) is 5.68. The molecule has 1 saturated heterocycles. The molecule has 0 aromatic carbocycles. The van der Waals surface area contributed by atoms with Crippen LogP contribution in [0.4, 0.5) is 0 Å². The first kappa shape index (κ1) is 11.7. The van der Waals surface area contributed by atoms with Crippen LogP contribution in [0.2, 0.25) is 0 Å². The van der Waals surface area contributed by atoms with Crippen molar-refractivity contribution < 1.29 is 14.3 Å². The summed E-state index contributed by atoms with van der Waals surface area (Å²) < 4.78 is 4.66. The zero-order chi connectivity index (χ0) is 12.3. The molecule has 17 heavy (non-hydrogen) atoms. The third-order valence-corrected chi connectivity index (χ3v) is 3.06. The van der Waals surface area contributed by atoms with Gasteiger partial charge in [0, 0.05) is 37.8 Å². The number of nitrogens with zero attached hydrogens (tertiary/aromatic N) is 1. The van der Waals surface area contributed by atoms with Crippen molar-refractivity contribution in [3.8, 4) is 0 Å². The van der Waals surface area contributed by atoms with E-state index in [2.05, 4.69) is 9.72 Å². The van der Waals surface area contributed by atoms with Crippen molar-refractivity contribution in [1.82, 2.24) is 9.88 Å². The molecule has 1 aromatic heterocycles. The molecule has 2 heterocycles. The lowest BCUT2D eigenvalue weighted by Gasteiger charge is -2.15. The van der Waals surface area contributed by atoms with Crippen LogP contribution in [0.3, 0.4) is 0 Å². The van der Waals surface area contributed by atoms with Crippen LogP contribution in [0.25, 0.3) is 0 Å². The summed E-state index contributed by atoms with van der Waals surface area (Å²) in [5.74, 6) is -0.552. The number of carbonyl (C=O) groups is 2. The van der Waals surface area contributed by atoms with Gasteiger partial charge in [-0.1, -0.05) is 0 Å². The molecule has 0 saturated carbocycles. The molecule has 1 aliphatic heterocycles. The number of carbonyl (C=O) groups excluding carboxylic acids is 2. The van der Waals surface area contributed by atoms with Gasteiger partial charge in [-0.05, 0) is 12.1 Å². The first-order valence-electron chi connectivity index (χ1n) is 5.68. The zero-order valence-electron chi connectivity index (χ0n) is 9.81. The molecule has 0 bridgehead atoms. The number of likely N-dealkylation sites (tertiary alicyclic amines) is 1. The molecular weight excluding hydrogens is 220 g/mol. The molecule has 2 rings (SSSR count). The van der Waals surface area contributed by atoms with E-state index in [1.54, 1.807) is 4.90 Å². The van der Waals surface area contributed by atoms with Gasteiger partial charge in [0.2, 0.25) is 5.91 Å². The van der Waals surface area contributed by atoms with E-state index in [1.807, 2.05) is 18.3 Å². The van der Waals surface area contributed by atoms with Crippen LogP contribution in [0, 0.1) is 5.92 Å². The third kappa shape index (κ3) is 2.67. The van der Waals surface area contributed by atoms with Gasteiger partial charge < -0.3 is 14.6 Å². The Hall–Kier alpha value is -1.78. The summed E-state index contributed by atoms with van der Waals surface area (Å²) in [6, 6.07) is 3.91. The summed E-state index contributed by atoms with van der Waals surface area (Å²) in [6.45, 7) is 1.12. The van der Waals surface area contributed by atoms with Gasteiger partial charge in [0.1, 0.15) is 0 Å². The fourth-order valence-electron chi connectivity index (χ4n) is 2.09. The normalized spacial score (nSPS) is 19.7. The Morgan fingerprint density at radius 2 is 2.47 bits per heavy atom. The minimum atomic E-state index is -0.295. The number of hydrogen-bond donors (Lipinski definition) is 1. The Morgan fingerprint density at radius 3 is 3.12 bits per heavy atom. The maximum Gasteiger partial charge on any atom is 0.310 e. The fourth-order valence-corrected chi connectivity index (χ4v) is 2.09. The lowest BCUT2D eigenvalue weighted by atomic mass is 10.1. The largest absolute Gasteiger partial charge is 0.469 e. The quantitative estimate of drug-likeness (QED) is 0.778. The number of ether oxygens (including phenoxy) is 1. The predicted octanol–water partition coefficient (Wildman–Crippen LogP) is 0.579. The van der Waals surface area contributed by atoms with Crippen molar-refractivity contribution >= 4 is 11.9 Å². The number of esters is 1. The van der Waals surface area contributed by atoms with E-state index in [-0.39, 0.29) is 24.2 Å². The molecular formula is C12H16N2O3. The standard InChI is InChI=1S/C12H16N2O3/c1-17-12(16)9-7-11(15)14(8-9)6-4-10-3-2-5-13-10/h2-3,5,9,13H,4,6-8H2,1H3. The van der Waals surface area contributed by atoms with E-state index >= 15 is 0 Å². The third-order valence-electron chi connectivity index (χ3n) is 3.06. The Morgan fingerprint density at radius 1 is 1.65 bits per heavy atom. The second-order valence-corrected chi connectivity index (χ2v) is 4.21. The van der Waals surface area contributed by atoms with Gasteiger partial charge in [0.05, 0.1) is 13.0 Å². The van der Waals surface area contributed by atoms with Crippen molar-refractivity contribution in [1.29, 1.82) is 0 Å². The Labute approximate surface area is 99.8 Å². The predicted molar refractivity (Wildman–Crippen MR) is 61.2 cm³/mol. The van der Waals surface area contributed by atoms with Gasteiger partial charge in [-0.2, -0.15) is 0 Å². The van der Waals surface area contributed by atoms with E-state index in [4.69, 9.17) is 0 Å². The van der Waals surface area contributed by atoms with Crippen molar-refractivity contribution in [2.75, 3.05) is 20.2 Å². The van der Waals surface area contributed by atoms with E-state index in [1.165, 1.54) is 7.11 Å². The van der Waals surface area contributed by atoms with Crippen molar-refractivity contribution in [2.24, 2.45) is 5.92 Å². The SMILES string of the molecule is COC(=O)C1CC(=O)N(CCc2ccc[nH]2)C1. The second-order valence-electron chi connectivity index (χ2n) is 4.21. The van der Waals surface area contributed by atoms with Crippen LogP contribution < -0.4 is 0 Å². The average Bonchev–Trinajstić information content (AvgIpc) is 2.95. The molecule has 92 valence electrons. The van der Waals surface area contributed by atoms with Crippen LogP contribution in [0.15, 0.2) is 18.3 Å². The Bertz CT molecular complexity index is 400. The van der Waals surface area contributed by atoms with E-state index in [0.29, 0.717) is 13.1 Å². The van der Waals surface area contributed by atoms with Gasteiger partial charge in [-0.3, -0.25) is 9.59 Å². The Balaban J connectivity index is 1.86. The monoisotopic (exact) mass is 236 g/mol. The van der Waals surface area contributed by atoms with Crippen molar-refractivity contribution in [2.45, 2.75) is 12.8 Å². The summed E-state index contributed by atoms with van der Waals surface area (Å²) in [5.41, 5.74) is 1.10. The number of aromatic nitrogens is 1. The van der Waals surface area contributed by atoms with Crippen LogP contribution >= 0.6 is 0 Å². The van der Waals surface area contributed by atoms with Gasteiger partial charge >= 0.3 is 5.97 Å². The molecule has 1 atom stereocenters. The van der Waals surface area contributed by atoms with Gasteiger partial charge in [0.25, 0.3) is 0 Å². The van der Waals surface area contributed by atoms with E-state index in [0.717, 1.165) is 12.1 Å². The molecule has 1 fully saturated rings. The maximum atomic E-state index is 11.7. The highest BCUT2D eigenvalue weighted by Crippen LogP contribution is 2.19. The van der Waals surface area contributed by atoms with Crippen molar-refractivity contribution in [3.05, 3.63) is 24.0 Å². The fraction of sp³-hybridized carbons (Fsp3) is 0.500. The first-order chi connectivity index (χ1) is 8.20. The average molecular weight is 236 g/mol. The maximum absolute atomic E-state index is 11.7. The van der Waals surface area contributed by atoms with Gasteiger partial charge in [-0.15, -0.1) is 0 Å². The minimum absolute atomic E-state index is 0.0342. The van der Waals surface area contributed by atoms with E-state index in [9.17, 15) is 9.59 Å². The number of amides is 1. The number of aromatic amines is 1. The summed E-state index contributed by atoms with van der Waals surface area (Å²) in [7, 11) is 1.36. The zero-order valence-corrected chi connectivity index (χ0v) is 9.81. The van der Waals surface area contributed by atoms with Crippen LogP contribution in [0.5, 0.6) is 0 Å². The molecule has 1 N–H and O–H groups in total. The molecule has 1 unspecified atom stereocenters. The van der Waals surface area contributed by atoms with Gasteiger partial charge in [-0.25, -0.2) is 0 Å². The number of methoxy groups -OCH3 is 1. The summed E-state index contributed by atoms with van der Waals surface area (Å²) in [5, 5.41) is 0.